The standard InChI is InChI=1S/C12H16FN3O3S/c1-7-4-9(13)10(14)5-11(7)20(18,19)16-8-2-3-12(17)15-6-8/h4-5,8,16H,2-3,6,14H2,1H3,(H,15,17). The fraction of sp³-hybridized carbons (Fsp3) is 0.417. The van der Waals surface area contributed by atoms with Gasteiger partial charge in [-0.3, -0.25) is 4.79 Å². The Balaban J connectivity index is 2.22. The van der Waals surface area contributed by atoms with Crippen molar-refractivity contribution >= 4 is 21.6 Å². The summed E-state index contributed by atoms with van der Waals surface area (Å²) in [7, 11) is -3.80. The second kappa shape index (κ2) is 5.37. The van der Waals surface area contributed by atoms with E-state index in [1.54, 1.807) is 0 Å². The summed E-state index contributed by atoms with van der Waals surface area (Å²) in [6.45, 7) is 1.74. The van der Waals surface area contributed by atoms with Crippen LogP contribution in [0.2, 0.25) is 0 Å². The highest BCUT2D eigenvalue weighted by Crippen LogP contribution is 2.22. The van der Waals surface area contributed by atoms with Crippen LogP contribution >= 0.6 is 0 Å². The Bertz CT molecular complexity index is 636. The number of carbonyl (C=O) groups is 1. The van der Waals surface area contributed by atoms with Crippen molar-refractivity contribution < 1.29 is 17.6 Å². The van der Waals surface area contributed by atoms with Gasteiger partial charge in [0.2, 0.25) is 15.9 Å². The molecule has 1 fully saturated rings. The van der Waals surface area contributed by atoms with Crippen molar-refractivity contribution in [3.63, 3.8) is 0 Å². The van der Waals surface area contributed by atoms with Crippen LogP contribution in [0.25, 0.3) is 0 Å². The molecule has 0 radical (unpaired) electrons. The molecule has 1 heterocycles. The van der Waals surface area contributed by atoms with E-state index in [1.807, 2.05) is 0 Å². The van der Waals surface area contributed by atoms with Gasteiger partial charge in [-0.2, -0.15) is 0 Å². The Hall–Kier alpha value is -1.67. The first-order valence-corrected chi connectivity index (χ1v) is 7.62. The van der Waals surface area contributed by atoms with E-state index in [2.05, 4.69) is 10.0 Å². The van der Waals surface area contributed by atoms with Gasteiger partial charge >= 0.3 is 0 Å². The third-order valence-electron chi connectivity index (χ3n) is 3.17. The highest BCUT2D eigenvalue weighted by atomic mass is 32.2. The lowest BCUT2D eigenvalue weighted by Gasteiger charge is -2.23. The van der Waals surface area contributed by atoms with E-state index >= 15 is 0 Å². The summed E-state index contributed by atoms with van der Waals surface area (Å²) in [4.78, 5) is 11.0. The predicted octanol–water partition coefficient (Wildman–Crippen LogP) is 0.273. The summed E-state index contributed by atoms with van der Waals surface area (Å²) >= 11 is 0. The van der Waals surface area contributed by atoms with E-state index in [0.717, 1.165) is 12.1 Å². The monoisotopic (exact) mass is 301 g/mol. The van der Waals surface area contributed by atoms with Gasteiger partial charge in [-0.25, -0.2) is 17.5 Å². The minimum Gasteiger partial charge on any atom is -0.396 e. The molecule has 0 bridgehead atoms. The molecule has 1 aromatic carbocycles. The molecule has 1 aliphatic rings. The zero-order valence-corrected chi connectivity index (χ0v) is 11.8. The first-order valence-electron chi connectivity index (χ1n) is 6.14. The maximum Gasteiger partial charge on any atom is 0.241 e. The van der Waals surface area contributed by atoms with Crippen molar-refractivity contribution in [2.75, 3.05) is 12.3 Å². The number of piperidine rings is 1. The number of nitrogen functional groups attached to an aromatic ring is 1. The fourth-order valence-corrected chi connectivity index (χ4v) is 3.61. The maximum atomic E-state index is 13.3. The van der Waals surface area contributed by atoms with Crippen molar-refractivity contribution in [1.29, 1.82) is 0 Å². The molecule has 110 valence electrons. The van der Waals surface area contributed by atoms with E-state index in [4.69, 9.17) is 5.73 Å². The summed E-state index contributed by atoms with van der Waals surface area (Å²) in [5.74, 6) is -0.742. The minimum atomic E-state index is -3.80. The Morgan fingerprint density at radius 3 is 2.75 bits per heavy atom. The van der Waals surface area contributed by atoms with Crippen LogP contribution in [0.3, 0.4) is 0 Å². The Labute approximate surface area is 116 Å². The summed E-state index contributed by atoms with van der Waals surface area (Å²) < 4.78 is 40.3. The average Bonchev–Trinajstić information content (AvgIpc) is 2.36. The Morgan fingerprint density at radius 1 is 1.45 bits per heavy atom. The van der Waals surface area contributed by atoms with Gasteiger partial charge in [0.1, 0.15) is 5.82 Å². The number of anilines is 1. The second-order valence-electron chi connectivity index (χ2n) is 4.80. The molecule has 1 aromatic rings. The van der Waals surface area contributed by atoms with Crippen molar-refractivity contribution in [3.8, 4) is 0 Å². The average molecular weight is 301 g/mol. The molecule has 20 heavy (non-hydrogen) atoms. The molecule has 2 rings (SSSR count). The normalized spacial score (nSPS) is 19.7. The van der Waals surface area contributed by atoms with E-state index in [0.29, 0.717) is 6.42 Å². The molecule has 6 nitrogen and oxygen atoms in total. The van der Waals surface area contributed by atoms with Crippen LogP contribution in [-0.2, 0) is 14.8 Å². The Morgan fingerprint density at radius 2 is 2.15 bits per heavy atom. The molecule has 1 aliphatic heterocycles. The summed E-state index contributed by atoms with van der Waals surface area (Å²) in [5.41, 5.74) is 5.48. The summed E-state index contributed by atoms with van der Waals surface area (Å²) in [5, 5.41) is 2.59. The highest BCUT2D eigenvalue weighted by Gasteiger charge is 2.25. The van der Waals surface area contributed by atoms with Crippen LogP contribution in [-0.4, -0.2) is 26.9 Å². The molecular weight excluding hydrogens is 285 g/mol. The van der Waals surface area contributed by atoms with Crippen LogP contribution in [0.5, 0.6) is 0 Å². The largest absolute Gasteiger partial charge is 0.396 e. The number of nitrogens with two attached hydrogens (primary N) is 1. The molecule has 0 aliphatic carbocycles. The summed E-state index contributed by atoms with van der Waals surface area (Å²) in [6.07, 6.45) is 0.707. The minimum absolute atomic E-state index is 0.0479. The number of rotatable bonds is 3. The van der Waals surface area contributed by atoms with E-state index in [9.17, 15) is 17.6 Å². The van der Waals surface area contributed by atoms with Crippen LogP contribution < -0.4 is 15.8 Å². The van der Waals surface area contributed by atoms with Gasteiger partial charge in [-0.15, -0.1) is 0 Å². The number of halogens is 1. The molecular formula is C12H16FN3O3S. The van der Waals surface area contributed by atoms with Gasteiger partial charge in [0.05, 0.1) is 10.6 Å². The maximum absolute atomic E-state index is 13.3. The fourth-order valence-electron chi connectivity index (χ4n) is 2.07. The number of aryl methyl sites for hydroxylation is 1. The molecule has 8 heteroatoms. The van der Waals surface area contributed by atoms with Crippen molar-refractivity contribution in [1.82, 2.24) is 10.0 Å². The Kier molecular flexibility index (Phi) is 3.96. The van der Waals surface area contributed by atoms with Gasteiger partial charge in [0.15, 0.2) is 0 Å². The SMILES string of the molecule is Cc1cc(F)c(N)cc1S(=O)(=O)NC1CCC(=O)NC1. The van der Waals surface area contributed by atoms with Crippen LogP contribution in [0, 0.1) is 12.7 Å². The quantitative estimate of drug-likeness (QED) is 0.698. The third-order valence-corrected chi connectivity index (χ3v) is 4.83. The van der Waals surface area contributed by atoms with E-state index in [-0.39, 0.29) is 41.1 Å². The molecule has 1 saturated heterocycles. The van der Waals surface area contributed by atoms with E-state index in [1.165, 1.54) is 6.92 Å². The number of amides is 1. The topological polar surface area (TPSA) is 101 Å². The van der Waals surface area contributed by atoms with Crippen LogP contribution in [0.15, 0.2) is 17.0 Å². The molecule has 1 amide bonds. The van der Waals surface area contributed by atoms with Crippen LogP contribution in [0.1, 0.15) is 18.4 Å². The predicted molar refractivity (Wildman–Crippen MR) is 71.9 cm³/mol. The number of hydrogen-bond donors (Lipinski definition) is 3. The van der Waals surface area contributed by atoms with Crippen molar-refractivity contribution in [2.24, 2.45) is 0 Å². The number of benzene rings is 1. The first-order chi connectivity index (χ1) is 9.29. The van der Waals surface area contributed by atoms with Crippen molar-refractivity contribution in [2.45, 2.75) is 30.7 Å². The molecule has 1 atom stereocenters. The van der Waals surface area contributed by atoms with Gasteiger partial charge < -0.3 is 11.1 Å². The molecule has 0 spiro atoms. The van der Waals surface area contributed by atoms with Crippen LogP contribution in [0.4, 0.5) is 10.1 Å². The zero-order valence-electron chi connectivity index (χ0n) is 10.9. The molecule has 4 N–H and O–H groups in total. The lowest BCUT2D eigenvalue weighted by atomic mass is 10.1. The number of hydrogen-bond acceptors (Lipinski definition) is 4. The summed E-state index contributed by atoms with van der Waals surface area (Å²) in [6, 6.07) is 1.82. The molecule has 1 unspecified atom stereocenters. The third kappa shape index (κ3) is 3.07. The first kappa shape index (κ1) is 14.7. The number of nitrogens with one attached hydrogen (secondary N) is 2. The van der Waals surface area contributed by atoms with Gasteiger partial charge in [-0.1, -0.05) is 0 Å². The lowest BCUT2D eigenvalue weighted by molar-refractivity contribution is -0.122. The van der Waals surface area contributed by atoms with E-state index < -0.39 is 15.8 Å². The number of carbonyl (C=O) groups excluding carboxylic acids is 1. The smallest absolute Gasteiger partial charge is 0.241 e. The number of sulfonamides is 1. The lowest BCUT2D eigenvalue weighted by Crippen LogP contribution is -2.47. The molecule has 0 saturated carbocycles. The highest BCUT2D eigenvalue weighted by molar-refractivity contribution is 7.89. The second-order valence-corrected chi connectivity index (χ2v) is 6.48. The molecule has 0 aromatic heterocycles. The zero-order chi connectivity index (χ0) is 14.9. The van der Waals surface area contributed by atoms with Gasteiger partial charge in [-0.05, 0) is 31.0 Å². The van der Waals surface area contributed by atoms with Gasteiger partial charge in [0, 0.05) is 19.0 Å². The van der Waals surface area contributed by atoms with Crippen molar-refractivity contribution in [3.05, 3.63) is 23.5 Å². The van der Waals surface area contributed by atoms with Gasteiger partial charge in [0.25, 0.3) is 0 Å².